The van der Waals surface area contributed by atoms with E-state index in [9.17, 15) is 19.7 Å². The summed E-state index contributed by atoms with van der Waals surface area (Å²) < 4.78 is 6.99. The van der Waals surface area contributed by atoms with Gasteiger partial charge in [-0.1, -0.05) is 27.5 Å². The van der Waals surface area contributed by atoms with Crippen molar-refractivity contribution in [3.05, 3.63) is 71.7 Å². The molecule has 0 saturated carbocycles. The number of hydrogen-bond acceptors (Lipinski definition) is 7. The van der Waals surface area contributed by atoms with Gasteiger partial charge in [0.25, 0.3) is 5.56 Å². The van der Waals surface area contributed by atoms with E-state index in [1.165, 1.54) is 13.0 Å². The first-order valence-electron chi connectivity index (χ1n) is 8.69. The molecule has 10 nitrogen and oxygen atoms in total. The molecule has 0 aliphatic carbocycles. The maximum absolute atomic E-state index is 12.9. The van der Waals surface area contributed by atoms with Gasteiger partial charge in [0.1, 0.15) is 5.82 Å². The summed E-state index contributed by atoms with van der Waals surface area (Å²) >= 11 is 9.28. The number of carboxylic acid groups (broad SMARTS) is 1. The highest BCUT2D eigenvalue weighted by molar-refractivity contribution is 9.10. The van der Waals surface area contributed by atoms with E-state index in [0.29, 0.717) is 15.4 Å². The first-order valence-corrected chi connectivity index (χ1v) is 9.86. The molecule has 0 bridgehead atoms. The zero-order valence-corrected chi connectivity index (χ0v) is 18.4. The van der Waals surface area contributed by atoms with Crippen molar-refractivity contribution in [2.75, 3.05) is 0 Å². The second kappa shape index (κ2) is 8.82. The molecule has 1 heterocycles. The number of aromatic nitrogens is 2. The zero-order chi connectivity index (χ0) is 22.9. The number of halogens is 2. The zero-order valence-electron chi connectivity index (χ0n) is 16.1. The van der Waals surface area contributed by atoms with Crippen LogP contribution < -0.4 is 10.3 Å². The highest BCUT2D eigenvalue weighted by Gasteiger charge is 2.25. The quantitative estimate of drug-likeness (QED) is 0.303. The predicted molar refractivity (Wildman–Crippen MR) is 117 cm³/mol. The molecule has 2 aromatic carbocycles. The lowest BCUT2D eigenvalue weighted by Crippen LogP contribution is -2.24. The smallest absolute Gasteiger partial charge is 0.344 e. The number of aryl methyl sites for hydroxylation is 1. The second-order valence-electron chi connectivity index (χ2n) is 6.38. The molecular weight excluding hydrogens is 496 g/mol. The minimum absolute atomic E-state index is 0.00751. The van der Waals surface area contributed by atoms with Crippen LogP contribution in [0.1, 0.15) is 18.3 Å². The van der Waals surface area contributed by atoms with Crippen molar-refractivity contribution >= 4 is 56.3 Å². The molecule has 1 atom stereocenters. The molecular formula is C19H14BrClN4O6. The minimum atomic E-state index is -1.38. The van der Waals surface area contributed by atoms with E-state index in [-0.39, 0.29) is 22.2 Å². The van der Waals surface area contributed by atoms with Gasteiger partial charge in [-0.2, -0.15) is 9.78 Å². The van der Waals surface area contributed by atoms with Crippen LogP contribution in [0.2, 0.25) is 5.02 Å². The van der Waals surface area contributed by atoms with E-state index in [1.54, 1.807) is 25.1 Å². The number of nitro benzene ring substituents is 1. The van der Waals surface area contributed by atoms with Crippen LogP contribution in [-0.2, 0) is 4.79 Å². The maximum atomic E-state index is 12.9. The van der Waals surface area contributed by atoms with Crippen molar-refractivity contribution in [1.29, 1.82) is 0 Å². The van der Waals surface area contributed by atoms with Crippen molar-refractivity contribution in [3.8, 4) is 5.75 Å². The van der Waals surface area contributed by atoms with E-state index >= 15 is 0 Å². The lowest BCUT2D eigenvalue weighted by molar-refractivity contribution is -0.386. The number of nitrogens with zero attached hydrogens (tertiary/aromatic N) is 4. The largest absolute Gasteiger partial charge is 0.479 e. The van der Waals surface area contributed by atoms with Gasteiger partial charge >= 0.3 is 11.7 Å². The van der Waals surface area contributed by atoms with Gasteiger partial charge in [-0.3, -0.25) is 14.9 Å². The molecule has 12 heteroatoms. The first kappa shape index (κ1) is 22.4. The number of nitro groups is 1. The number of rotatable bonds is 6. The summed E-state index contributed by atoms with van der Waals surface area (Å²) in [6.07, 6.45) is -0.251. The van der Waals surface area contributed by atoms with Crippen LogP contribution in [0.15, 0.2) is 44.7 Å². The summed E-state index contributed by atoms with van der Waals surface area (Å²) in [7, 11) is 0. The Morgan fingerprint density at radius 1 is 1.42 bits per heavy atom. The molecule has 0 spiro atoms. The number of fused-ring (bicyclic) bond motifs is 1. The Balaban J connectivity index is 2.17. The van der Waals surface area contributed by atoms with Gasteiger partial charge in [0.15, 0.2) is 6.10 Å². The van der Waals surface area contributed by atoms with Crippen molar-refractivity contribution < 1.29 is 19.6 Å². The summed E-state index contributed by atoms with van der Waals surface area (Å²) in [5.74, 6) is -1.38. The van der Waals surface area contributed by atoms with Crippen molar-refractivity contribution in [1.82, 2.24) is 9.66 Å². The Kier molecular flexibility index (Phi) is 6.37. The molecule has 1 N–H and O–H groups in total. The third kappa shape index (κ3) is 4.72. The van der Waals surface area contributed by atoms with Crippen LogP contribution in [0.4, 0.5) is 5.69 Å². The average Bonchev–Trinajstić information content (AvgIpc) is 2.69. The average molecular weight is 510 g/mol. The summed E-state index contributed by atoms with van der Waals surface area (Å²) in [5.41, 5.74) is -0.493. The Labute approximate surface area is 188 Å². The van der Waals surface area contributed by atoms with Crippen LogP contribution in [0, 0.1) is 17.0 Å². The van der Waals surface area contributed by atoms with Gasteiger partial charge in [-0.05, 0) is 38.1 Å². The van der Waals surface area contributed by atoms with Crippen LogP contribution in [0.5, 0.6) is 5.75 Å². The highest BCUT2D eigenvalue weighted by atomic mass is 79.9. The second-order valence-corrected chi connectivity index (χ2v) is 7.73. The third-order valence-electron chi connectivity index (χ3n) is 4.18. The number of aliphatic carboxylic acids is 1. The monoisotopic (exact) mass is 508 g/mol. The van der Waals surface area contributed by atoms with Gasteiger partial charge in [-0.25, -0.2) is 9.78 Å². The molecule has 1 aromatic heterocycles. The Morgan fingerprint density at radius 2 is 2.13 bits per heavy atom. The lowest BCUT2D eigenvalue weighted by Gasteiger charge is -2.13. The molecule has 160 valence electrons. The number of carbonyl (C=O) groups is 1. The van der Waals surface area contributed by atoms with Gasteiger partial charge in [0.2, 0.25) is 5.75 Å². The SMILES string of the molecule is Cc1nc2ccc(Br)cc2c(=O)n1N=Cc1cc(Cl)cc([N+](=O)[O-])c1O[C@H](C)C(=O)O. The van der Waals surface area contributed by atoms with Crippen molar-refractivity contribution in [2.45, 2.75) is 20.0 Å². The van der Waals surface area contributed by atoms with Crippen molar-refractivity contribution in [3.63, 3.8) is 0 Å². The lowest BCUT2D eigenvalue weighted by atomic mass is 10.2. The summed E-state index contributed by atoms with van der Waals surface area (Å²) in [5, 5.41) is 25.0. The molecule has 0 aliphatic heterocycles. The van der Waals surface area contributed by atoms with Crippen molar-refractivity contribution in [2.24, 2.45) is 5.10 Å². The minimum Gasteiger partial charge on any atom is -0.479 e. The fourth-order valence-electron chi connectivity index (χ4n) is 2.70. The Morgan fingerprint density at radius 3 is 2.77 bits per heavy atom. The summed E-state index contributed by atoms with van der Waals surface area (Å²) in [6, 6.07) is 7.38. The van der Waals surface area contributed by atoms with E-state index in [4.69, 9.17) is 21.4 Å². The number of benzene rings is 2. The van der Waals surface area contributed by atoms with Gasteiger partial charge in [0.05, 0.1) is 22.0 Å². The van der Waals surface area contributed by atoms with Crippen LogP contribution >= 0.6 is 27.5 Å². The molecule has 0 radical (unpaired) electrons. The molecule has 3 aromatic rings. The van der Waals surface area contributed by atoms with E-state index in [1.807, 2.05) is 0 Å². The van der Waals surface area contributed by atoms with E-state index < -0.39 is 28.2 Å². The normalized spacial score (nSPS) is 12.3. The molecule has 31 heavy (non-hydrogen) atoms. The Bertz CT molecular complexity index is 1310. The topological polar surface area (TPSA) is 137 Å². The van der Waals surface area contributed by atoms with Crippen LogP contribution in [-0.4, -0.2) is 38.0 Å². The van der Waals surface area contributed by atoms with Crippen LogP contribution in [0.3, 0.4) is 0 Å². The molecule has 0 fully saturated rings. The molecule has 0 saturated heterocycles. The molecule has 0 amide bonds. The van der Waals surface area contributed by atoms with Gasteiger partial charge < -0.3 is 9.84 Å². The third-order valence-corrected chi connectivity index (χ3v) is 4.90. The summed E-state index contributed by atoms with van der Waals surface area (Å²) in [6.45, 7) is 2.80. The Hall–Kier alpha value is -3.31. The number of hydrogen-bond donors (Lipinski definition) is 1. The first-order chi connectivity index (χ1) is 14.6. The standard InChI is InChI=1S/C19H14BrClN4O6/c1-9(19(27)28)31-17-11(5-13(21)7-16(17)25(29)30)8-22-24-10(2)23-15-4-3-12(20)6-14(15)18(24)26/h3-9H,1-2H3,(H,27,28)/t9-/m1/s1. The van der Waals surface area contributed by atoms with E-state index in [0.717, 1.165) is 17.0 Å². The highest BCUT2D eigenvalue weighted by Crippen LogP contribution is 2.34. The number of ether oxygens (including phenoxy) is 1. The number of carboxylic acids is 1. The van der Waals surface area contributed by atoms with Gasteiger partial charge in [0, 0.05) is 21.1 Å². The van der Waals surface area contributed by atoms with E-state index in [2.05, 4.69) is 26.0 Å². The maximum Gasteiger partial charge on any atom is 0.344 e. The fourth-order valence-corrected chi connectivity index (χ4v) is 3.28. The van der Waals surface area contributed by atoms with Crippen LogP contribution in [0.25, 0.3) is 10.9 Å². The molecule has 3 rings (SSSR count). The molecule has 0 unspecified atom stereocenters. The van der Waals surface area contributed by atoms with Gasteiger partial charge in [-0.15, -0.1) is 0 Å². The molecule has 0 aliphatic rings. The predicted octanol–water partition coefficient (Wildman–Crippen LogP) is 3.76. The summed E-state index contributed by atoms with van der Waals surface area (Å²) in [4.78, 5) is 39.1. The fraction of sp³-hybridized carbons (Fsp3) is 0.158.